The second-order valence-corrected chi connectivity index (χ2v) is 7.07. The van der Waals surface area contributed by atoms with Crippen molar-refractivity contribution in [3.05, 3.63) is 29.8 Å². The van der Waals surface area contributed by atoms with Crippen LogP contribution >= 0.6 is 0 Å². The maximum absolute atomic E-state index is 12.2. The highest BCUT2D eigenvalue weighted by molar-refractivity contribution is 7.91. The van der Waals surface area contributed by atoms with E-state index in [2.05, 4.69) is 10.1 Å². The van der Waals surface area contributed by atoms with Crippen molar-refractivity contribution in [2.45, 2.75) is 17.7 Å². The fourth-order valence-corrected chi connectivity index (χ4v) is 3.52. The Labute approximate surface area is 124 Å². The molecule has 1 heterocycles. The average Bonchev–Trinajstić information content (AvgIpc) is 2.53. The van der Waals surface area contributed by atoms with Gasteiger partial charge in [-0.2, -0.15) is 5.26 Å². The zero-order chi connectivity index (χ0) is 15.3. The maximum atomic E-state index is 12.2. The van der Waals surface area contributed by atoms with Gasteiger partial charge < -0.3 is 10.1 Å². The number of hydrogen-bond donors (Lipinski definition) is 1. The molecule has 21 heavy (non-hydrogen) atoms. The number of hydrogen-bond acceptors (Lipinski definition) is 6. The lowest BCUT2D eigenvalue weighted by Gasteiger charge is -2.26. The molecule has 1 aliphatic heterocycles. The van der Waals surface area contributed by atoms with Gasteiger partial charge in [-0.15, -0.1) is 0 Å². The zero-order valence-electron chi connectivity index (χ0n) is 11.6. The van der Waals surface area contributed by atoms with Gasteiger partial charge in [0.05, 0.1) is 28.0 Å². The highest BCUT2D eigenvalue weighted by atomic mass is 32.2. The smallest absolute Gasteiger partial charge is 0.179 e. The Balaban J connectivity index is 1.94. The number of piperidine rings is 1. The molecule has 7 heteroatoms. The molecule has 0 amide bonds. The van der Waals surface area contributed by atoms with Gasteiger partial charge in [0.25, 0.3) is 0 Å². The summed E-state index contributed by atoms with van der Waals surface area (Å²) in [5.74, 6) is 0.0461. The van der Waals surface area contributed by atoms with Gasteiger partial charge in [0.1, 0.15) is 0 Å². The molecular weight excluding hydrogens is 290 g/mol. The van der Waals surface area contributed by atoms with Gasteiger partial charge in [-0.3, -0.25) is 0 Å². The second kappa shape index (κ2) is 6.70. The molecule has 1 aromatic carbocycles. The molecule has 112 valence electrons. The lowest BCUT2D eigenvalue weighted by molar-refractivity contribution is 0.274. The third kappa shape index (κ3) is 4.03. The normalized spacial score (nSPS) is 16.4. The van der Waals surface area contributed by atoms with Gasteiger partial charge in [0, 0.05) is 32.5 Å². The Morgan fingerprint density at radius 1 is 1.24 bits per heavy atom. The predicted molar refractivity (Wildman–Crippen MR) is 78.1 cm³/mol. The number of sulfone groups is 1. The summed E-state index contributed by atoms with van der Waals surface area (Å²) in [5.41, 5.74) is 1.21. The maximum Gasteiger partial charge on any atom is 0.179 e. The molecule has 1 aliphatic rings. The van der Waals surface area contributed by atoms with Crippen LogP contribution in [0.4, 0.5) is 0 Å². The summed E-state index contributed by atoms with van der Waals surface area (Å²) in [6.45, 7) is 1.88. The van der Waals surface area contributed by atoms with E-state index in [0.717, 1.165) is 5.71 Å². The first-order chi connectivity index (χ1) is 10.0. The number of nitriles is 1. The summed E-state index contributed by atoms with van der Waals surface area (Å²) < 4.78 is 24.4. The summed E-state index contributed by atoms with van der Waals surface area (Å²) in [6, 6.07) is 7.93. The molecule has 2 rings (SSSR count). The number of likely N-dealkylation sites (tertiary alicyclic amines) is 1. The van der Waals surface area contributed by atoms with E-state index in [-0.39, 0.29) is 10.6 Å². The van der Waals surface area contributed by atoms with Crippen molar-refractivity contribution in [1.29, 1.82) is 5.26 Å². The second-order valence-electron chi connectivity index (χ2n) is 4.96. The first kappa shape index (κ1) is 15.5. The third-order valence-corrected chi connectivity index (χ3v) is 5.30. The largest absolute Gasteiger partial charge is 0.411 e. The summed E-state index contributed by atoms with van der Waals surface area (Å²) in [5, 5.41) is 20.6. The van der Waals surface area contributed by atoms with E-state index >= 15 is 0 Å². The first-order valence-electron chi connectivity index (χ1n) is 6.70. The van der Waals surface area contributed by atoms with Gasteiger partial charge in [0.15, 0.2) is 9.84 Å². The number of oxime groups is 1. The Bertz CT molecular complexity index is 650. The van der Waals surface area contributed by atoms with Crippen LogP contribution < -0.4 is 0 Å². The lowest BCUT2D eigenvalue weighted by atomic mass is 10.1. The van der Waals surface area contributed by atoms with E-state index in [4.69, 9.17) is 10.5 Å². The van der Waals surface area contributed by atoms with Crippen LogP contribution in [0.15, 0.2) is 34.3 Å². The van der Waals surface area contributed by atoms with Crippen LogP contribution in [0.1, 0.15) is 18.4 Å². The minimum atomic E-state index is -3.33. The van der Waals surface area contributed by atoms with Gasteiger partial charge >= 0.3 is 0 Å². The summed E-state index contributed by atoms with van der Waals surface area (Å²) in [6.07, 6.45) is 1.35. The zero-order valence-corrected chi connectivity index (χ0v) is 12.4. The first-order valence-corrected chi connectivity index (χ1v) is 8.35. The fourth-order valence-electron chi connectivity index (χ4n) is 2.24. The highest BCUT2D eigenvalue weighted by Crippen LogP contribution is 2.14. The monoisotopic (exact) mass is 307 g/mol. The number of nitrogens with zero attached hydrogens (tertiary/aromatic N) is 3. The molecule has 1 aromatic rings. The van der Waals surface area contributed by atoms with Gasteiger partial charge in [-0.1, -0.05) is 5.16 Å². The van der Waals surface area contributed by atoms with Gasteiger partial charge in [0.2, 0.25) is 0 Å². The lowest BCUT2D eigenvalue weighted by Crippen LogP contribution is -2.37. The van der Waals surface area contributed by atoms with E-state index < -0.39 is 9.84 Å². The van der Waals surface area contributed by atoms with Crippen LogP contribution in [0.25, 0.3) is 0 Å². The van der Waals surface area contributed by atoms with Gasteiger partial charge in [-0.05, 0) is 24.3 Å². The fraction of sp³-hybridized carbons (Fsp3) is 0.429. The van der Waals surface area contributed by atoms with E-state index in [1.165, 1.54) is 24.3 Å². The molecule has 1 saturated heterocycles. The molecule has 0 saturated carbocycles. The van der Waals surface area contributed by atoms with Crippen LogP contribution in [0, 0.1) is 11.3 Å². The molecule has 6 nitrogen and oxygen atoms in total. The van der Waals surface area contributed by atoms with Gasteiger partial charge in [-0.25, -0.2) is 8.42 Å². The Hall–Kier alpha value is -1.91. The van der Waals surface area contributed by atoms with Crippen LogP contribution in [0.3, 0.4) is 0 Å². The van der Waals surface area contributed by atoms with Crippen molar-refractivity contribution in [2.24, 2.45) is 5.16 Å². The van der Waals surface area contributed by atoms with Crippen molar-refractivity contribution >= 4 is 15.5 Å². The van der Waals surface area contributed by atoms with Crippen molar-refractivity contribution in [1.82, 2.24) is 4.90 Å². The molecule has 1 fully saturated rings. The van der Waals surface area contributed by atoms with E-state index in [9.17, 15) is 8.42 Å². The molecule has 1 N–H and O–H groups in total. The van der Waals surface area contributed by atoms with Crippen molar-refractivity contribution in [2.75, 3.05) is 25.4 Å². The van der Waals surface area contributed by atoms with E-state index in [1.807, 2.05) is 6.07 Å². The molecule has 0 radical (unpaired) electrons. The quantitative estimate of drug-likeness (QED) is 0.667. The number of rotatable bonds is 4. The third-order valence-electron chi connectivity index (χ3n) is 3.59. The predicted octanol–water partition coefficient (Wildman–Crippen LogP) is 1.26. The standard InChI is InChI=1S/C14H17N3O3S/c15-11-12-1-3-14(4-2-12)21(19,20)10-9-17-7-5-13(16-18)6-8-17/h1-4,18H,5-10H2. The Morgan fingerprint density at radius 2 is 1.86 bits per heavy atom. The van der Waals surface area contributed by atoms with E-state index in [0.29, 0.717) is 38.0 Å². The van der Waals surface area contributed by atoms with Crippen LogP contribution in [0.2, 0.25) is 0 Å². The highest BCUT2D eigenvalue weighted by Gasteiger charge is 2.19. The molecule has 0 unspecified atom stereocenters. The summed E-state index contributed by atoms with van der Waals surface area (Å²) >= 11 is 0. The van der Waals surface area contributed by atoms with Crippen LogP contribution in [0.5, 0.6) is 0 Å². The van der Waals surface area contributed by atoms with Crippen molar-refractivity contribution in [3.63, 3.8) is 0 Å². The molecule has 0 spiro atoms. The Morgan fingerprint density at radius 3 is 2.38 bits per heavy atom. The SMILES string of the molecule is N#Cc1ccc(S(=O)(=O)CCN2CCC(=NO)CC2)cc1. The minimum Gasteiger partial charge on any atom is -0.411 e. The Kier molecular flexibility index (Phi) is 4.94. The summed E-state index contributed by atoms with van der Waals surface area (Å²) in [7, 11) is -3.33. The average molecular weight is 307 g/mol. The molecule has 0 atom stereocenters. The summed E-state index contributed by atoms with van der Waals surface area (Å²) in [4.78, 5) is 2.30. The van der Waals surface area contributed by atoms with E-state index in [1.54, 1.807) is 0 Å². The van der Waals surface area contributed by atoms with Crippen LogP contribution in [-0.2, 0) is 9.84 Å². The topological polar surface area (TPSA) is 93.8 Å². The molecular formula is C14H17N3O3S. The van der Waals surface area contributed by atoms with Crippen molar-refractivity contribution < 1.29 is 13.6 Å². The minimum absolute atomic E-state index is 0.0461. The molecule has 0 aliphatic carbocycles. The van der Waals surface area contributed by atoms with Crippen LogP contribution in [-0.4, -0.2) is 49.6 Å². The van der Waals surface area contributed by atoms with Crippen molar-refractivity contribution in [3.8, 4) is 6.07 Å². The molecule has 0 bridgehead atoms. The molecule has 0 aromatic heterocycles. The number of benzene rings is 1.